The first kappa shape index (κ1) is 19.4. The van der Waals surface area contributed by atoms with Gasteiger partial charge in [-0.3, -0.25) is 0 Å². The molecular formula is C25H30O2. The third kappa shape index (κ3) is 4.50. The van der Waals surface area contributed by atoms with Gasteiger partial charge >= 0.3 is 5.97 Å². The van der Waals surface area contributed by atoms with Crippen LogP contribution in [0.1, 0.15) is 79.6 Å². The van der Waals surface area contributed by atoms with Crippen LogP contribution in [0.4, 0.5) is 0 Å². The first-order valence-corrected chi connectivity index (χ1v) is 10.00. The Kier molecular flexibility index (Phi) is 5.84. The van der Waals surface area contributed by atoms with Gasteiger partial charge in [-0.2, -0.15) is 0 Å². The van der Waals surface area contributed by atoms with Gasteiger partial charge in [-0.1, -0.05) is 56.7 Å². The van der Waals surface area contributed by atoms with Crippen LogP contribution in [0.2, 0.25) is 0 Å². The predicted molar refractivity (Wildman–Crippen MR) is 113 cm³/mol. The molecule has 0 saturated carbocycles. The second-order valence-electron chi connectivity index (χ2n) is 8.13. The number of carbonyl (C=O) groups excluding carboxylic acids is 1. The highest BCUT2D eigenvalue weighted by atomic mass is 16.5. The number of hydrogen-bond acceptors (Lipinski definition) is 2. The average Bonchev–Trinajstić information content (AvgIpc) is 2.80. The molecule has 0 aliphatic heterocycles. The highest BCUT2D eigenvalue weighted by molar-refractivity contribution is 5.90. The number of hydrogen-bond donors (Lipinski definition) is 0. The van der Waals surface area contributed by atoms with Crippen molar-refractivity contribution in [2.75, 3.05) is 6.61 Å². The number of allylic oxidation sites excluding steroid dienone is 1. The first-order valence-electron chi connectivity index (χ1n) is 10.00. The number of benzene rings is 2. The fourth-order valence-corrected chi connectivity index (χ4v) is 3.95. The van der Waals surface area contributed by atoms with Crippen LogP contribution in [-0.2, 0) is 16.6 Å². The van der Waals surface area contributed by atoms with E-state index in [2.05, 4.69) is 45.0 Å². The zero-order valence-electron chi connectivity index (χ0n) is 17.0. The Labute approximate surface area is 163 Å². The van der Waals surface area contributed by atoms with Gasteiger partial charge in [-0.15, -0.1) is 0 Å². The SMILES string of the molecule is CCOC(=O)c1ccc(C=C(C)c2ccc3c(c2)C(C)(C)CCCC3)cc1. The van der Waals surface area contributed by atoms with Crippen molar-refractivity contribution in [1.29, 1.82) is 0 Å². The molecule has 0 heterocycles. The molecule has 2 nitrogen and oxygen atoms in total. The number of aryl methyl sites for hydroxylation is 1. The molecule has 2 aromatic carbocycles. The normalized spacial score (nSPS) is 16.4. The smallest absolute Gasteiger partial charge is 0.338 e. The van der Waals surface area contributed by atoms with E-state index < -0.39 is 0 Å². The van der Waals surface area contributed by atoms with Crippen molar-refractivity contribution in [3.05, 3.63) is 70.3 Å². The van der Waals surface area contributed by atoms with E-state index in [-0.39, 0.29) is 11.4 Å². The molecule has 0 saturated heterocycles. The molecule has 142 valence electrons. The van der Waals surface area contributed by atoms with Crippen LogP contribution in [0.5, 0.6) is 0 Å². The molecule has 0 N–H and O–H groups in total. The Morgan fingerprint density at radius 3 is 2.48 bits per heavy atom. The van der Waals surface area contributed by atoms with E-state index in [1.165, 1.54) is 47.9 Å². The monoisotopic (exact) mass is 362 g/mol. The molecule has 1 aliphatic rings. The molecule has 0 bridgehead atoms. The maximum absolute atomic E-state index is 11.8. The van der Waals surface area contributed by atoms with Crippen LogP contribution in [0.25, 0.3) is 11.6 Å². The molecule has 0 spiro atoms. The first-order chi connectivity index (χ1) is 12.9. The van der Waals surface area contributed by atoms with Gasteiger partial charge in [0.1, 0.15) is 0 Å². The van der Waals surface area contributed by atoms with Crippen molar-refractivity contribution in [2.45, 2.75) is 58.8 Å². The fourth-order valence-electron chi connectivity index (χ4n) is 3.95. The number of fused-ring (bicyclic) bond motifs is 1. The van der Waals surface area contributed by atoms with Crippen LogP contribution in [-0.4, -0.2) is 12.6 Å². The van der Waals surface area contributed by atoms with E-state index in [9.17, 15) is 4.79 Å². The summed E-state index contributed by atoms with van der Waals surface area (Å²) in [6.45, 7) is 9.11. The lowest BCUT2D eigenvalue weighted by Gasteiger charge is -2.26. The summed E-state index contributed by atoms with van der Waals surface area (Å²) < 4.78 is 5.05. The number of ether oxygens (including phenoxy) is 1. The molecule has 0 amide bonds. The lowest BCUT2D eigenvalue weighted by Crippen LogP contribution is -2.17. The summed E-state index contributed by atoms with van der Waals surface area (Å²) in [6.07, 6.45) is 7.22. The standard InChI is InChI=1S/C25H30O2/c1-5-27-24(26)21-11-9-19(10-12-21)16-18(2)22-14-13-20-8-6-7-15-25(3,4)23(20)17-22/h9-14,16-17H,5-8,15H2,1-4H3. The highest BCUT2D eigenvalue weighted by Crippen LogP contribution is 2.37. The van der Waals surface area contributed by atoms with Gasteiger partial charge in [0, 0.05) is 0 Å². The second-order valence-corrected chi connectivity index (χ2v) is 8.13. The minimum atomic E-state index is -0.266. The van der Waals surface area contributed by atoms with Gasteiger partial charge in [-0.05, 0) is 78.5 Å². The molecule has 0 fully saturated rings. The van der Waals surface area contributed by atoms with E-state index >= 15 is 0 Å². The van der Waals surface area contributed by atoms with E-state index in [0.717, 1.165) is 5.56 Å². The molecule has 0 atom stereocenters. The molecule has 2 heteroatoms. The fraction of sp³-hybridized carbons (Fsp3) is 0.400. The van der Waals surface area contributed by atoms with Crippen LogP contribution in [0, 0.1) is 0 Å². The van der Waals surface area contributed by atoms with Gasteiger partial charge in [0.25, 0.3) is 0 Å². The Balaban J connectivity index is 1.86. The zero-order valence-corrected chi connectivity index (χ0v) is 17.0. The summed E-state index contributed by atoms with van der Waals surface area (Å²) in [7, 11) is 0. The van der Waals surface area contributed by atoms with E-state index in [0.29, 0.717) is 12.2 Å². The summed E-state index contributed by atoms with van der Waals surface area (Å²) in [5.41, 5.74) is 7.45. The minimum Gasteiger partial charge on any atom is -0.462 e. The highest BCUT2D eigenvalue weighted by Gasteiger charge is 2.25. The largest absolute Gasteiger partial charge is 0.462 e. The van der Waals surface area contributed by atoms with Crippen LogP contribution < -0.4 is 0 Å². The van der Waals surface area contributed by atoms with Crippen LogP contribution in [0.3, 0.4) is 0 Å². The van der Waals surface area contributed by atoms with E-state index in [1.807, 2.05) is 31.2 Å². The summed E-state index contributed by atoms with van der Waals surface area (Å²) in [5, 5.41) is 0. The third-order valence-corrected chi connectivity index (χ3v) is 5.60. The van der Waals surface area contributed by atoms with Crippen molar-refractivity contribution in [1.82, 2.24) is 0 Å². The molecule has 27 heavy (non-hydrogen) atoms. The van der Waals surface area contributed by atoms with Crippen molar-refractivity contribution >= 4 is 17.6 Å². The van der Waals surface area contributed by atoms with Gasteiger partial charge in [0.2, 0.25) is 0 Å². The maximum Gasteiger partial charge on any atom is 0.338 e. The van der Waals surface area contributed by atoms with E-state index in [1.54, 1.807) is 0 Å². The second kappa shape index (κ2) is 8.12. The summed E-state index contributed by atoms with van der Waals surface area (Å²) in [6, 6.07) is 14.6. The summed E-state index contributed by atoms with van der Waals surface area (Å²) >= 11 is 0. The average molecular weight is 363 g/mol. The topological polar surface area (TPSA) is 26.3 Å². The zero-order chi connectivity index (χ0) is 19.4. The maximum atomic E-state index is 11.8. The third-order valence-electron chi connectivity index (χ3n) is 5.60. The Hall–Kier alpha value is -2.35. The van der Waals surface area contributed by atoms with Crippen LogP contribution >= 0.6 is 0 Å². The molecular weight excluding hydrogens is 332 g/mol. The summed E-state index contributed by atoms with van der Waals surface area (Å²) in [5.74, 6) is -0.266. The quantitative estimate of drug-likeness (QED) is 0.356. The number of carbonyl (C=O) groups is 1. The molecule has 1 aliphatic carbocycles. The van der Waals surface area contributed by atoms with Gasteiger partial charge < -0.3 is 4.74 Å². The lowest BCUT2D eigenvalue weighted by molar-refractivity contribution is 0.0526. The van der Waals surface area contributed by atoms with Crippen molar-refractivity contribution < 1.29 is 9.53 Å². The molecule has 0 aromatic heterocycles. The summed E-state index contributed by atoms with van der Waals surface area (Å²) in [4.78, 5) is 11.8. The molecule has 0 unspecified atom stereocenters. The number of esters is 1. The Morgan fingerprint density at radius 1 is 1.07 bits per heavy atom. The molecule has 2 aromatic rings. The Morgan fingerprint density at radius 2 is 1.78 bits per heavy atom. The van der Waals surface area contributed by atoms with Crippen molar-refractivity contribution in [3.8, 4) is 0 Å². The van der Waals surface area contributed by atoms with Crippen molar-refractivity contribution in [2.24, 2.45) is 0 Å². The van der Waals surface area contributed by atoms with Gasteiger partial charge in [0.05, 0.1) is 12.2 Å². The predicted octanol–water partition coefficient (Wildman–Crippen LogP) is 6.43. The Bertz CT molecular complexity index is 841. The minimum absolute atomic E-state index is 0.239. The van der Waals surface area contributed by atoms with Crippen LogP contribution in [0.15, 0.2) is 42.5 Å². The van der Waals surface area contributed by atoms with E-state index in [4.69, 9.17) is 4.74 Å². The van der Waals surface area contributed by atoms with Gasteiger partial charge in [0.15, 0.2) is 0 Å². The molecule has 0 radical (unpaired) electrons. The lowest BCUT2D eigenvalue weighted by atomic mass is 9.79. The molecule has 3 rings (SSSR count). The van der Waals surface area contributed by atoms with Crippen molar-refractivity contribution in [3.63, 3.8) is 0 Å². The van der Waals surface area contributed by atoms with Gasteiger partial charge in [-0.25, -0.2) is 4.79 Å². The number of rotatable bonds is 4.